The van der Waals surface area contributed by atoms with E-state index in [1.807, 2.05) is 67.6 Å². The molecule has 5 rings (SSSR count). The Morgan fingerprint density at radius 3 is 2.34 bits per heavy atom. The molecule has 1 aliphatic heterocycles. The lowest BCUT2D eigenvalue weighted by Gasteiger charge is -2.35. The van der Waals surface area contributed by atoms with Crippen LogP contribution in [0.3, 0.4) is 0 Å². The van der Waals surface area contributed by atoms with Crippen LogP contribution in [-0.4, -0.2) is 17.7 Å². The van der Waals surface area contributed by atoms with E-state index >= 15 is 0 Å². The third-order valence-corrected chi connectivity index (χ3v) is 7.64. The van der Waals surface area contributed by atoms with Crippen LogP contribution in [0.2, 0.25) is 0 Å². The molecule has 0 spiro atoms. The van der Waals surface area contributed by atoms with E-state index in [2.05, 4.69) is 11.1 Å². The number of aryl methyl sites for hydroxylation is 1. The zero-order chi connectivity index (χ0) is 20.0. The summed E-state index contributed by atoms with van der Waals surface area (Å²) in [5, 5.41) is 1.18. The Morgan fingerprint density at radius 1 is 0.897 bits per heavy atom. The number of para-hydroxylation sites is 1. The van der Waals surface area contributed by atoms with Crippen LogP contribution in [0, 0.1) is 6.92 Å². The Labute approximate surface area is 170 Å². The molecule has 0 amide bonds. The predicted octanol–water partition coefficient (Wildman–Crippen LogP) is 4.96. The number of rotatable bonds is 3. The minimum atomic E-state index is -3.64. The van der Waals surface area contributed by atoms with Gasteiger partial charge in [0.2, 0.25) is 10.0 Å². The van der Waals surface area contributed by atoms with E-state index in [0.717, 1.165) is 22.3 Å². The van der Waals surface area contributed by atoms with Gasteiger partial charge in [-0.25, -0.2) is 8.42 Å². The first kappa shape index (κ1) is 18.2. The minimum absolute atomic E-state index is 0.241. The van der Waals surface area contributed by atoms with Gasteiger partial charge in [0.15, 0.2) is 0 Å². The van der Waals surface area contributed by atoms with Crippen LogP contribution in [0.1, 0.15) is 28.4 Å². The summed E-state index contributed by atoms with van der Waals surface area (Å²) in [4.78, 5) is 3.78. The van der Waals surface area contributed by atoms with E-state index in [-0.39, 0.29) is 6.04 Å². The van der Waals surface area contributed by atoms with Crippen molar-refractivity contribution >= 4 is 20.9 Å². The number of hydrogen-bond donors (Lipinski definition) is 1. The van der Waals surface area contributed by atoms with E-state index in [1.54, 1.807) is 16.4 Å². The first-order valence-electron chi connectivity index (χ1n) is 9.76. The average molecular weight is 403 g/mol. The molecule has 146 valence electrons. The van der Waals surface area contributed by atoms with Crippen molar-refractivity contribution in [3.8, 4) is 0 Å². The Kier molecular flexibility index (Phi) is 4.30. The third kappa shape index (κ3) is 3.07. The molecule has 1 unspecified atom stereocenters. The molecule has 1 aromatic heterocycles. The molecule has 1 aliphatic rings. The third-order valence-electron chi connectivity index (χ3n) is 5.77. The van der Waals surface area contributed by atoms with Gasteiger partial charge in [-0.1, -0.05) is 66.2 Å². The zero-order valence-corrected chi connectivity index (χ0v) is 17.0. The first-order valence-corrected chi connectivity index (χ1v) is 11.2. The summed E-state index contributed by atoms with van der Waals surface area (Å²) < 4.78 is 28.9. The van der Waals surface area contributed by atoms with Gasteiger partial charge >= 0.3 is 0 Å². The second-order valence-electron chi connectivity index (χ2n) is 7.62. The van der Waals surface area contributed by atoms with Gasteiger partial charge in [0.05, 0.1) is 17.5 Å². The van der Waals surface area contributed by atoms with Crippen molar-refractivity contribution in [1.82, 2.24) is 9.29 Å². The van der Waals surface area contributed by atoms with E-state index in [9.17, 15) is 8.42 Å². The van der Waals surface area contributed by atoms with Crippen LogP contribution < -0.4 is 0 Å². The SMILES string of the molecule is Cc1ccc(S(=O)(=O)N2Cc3[nH]c4ccccc4c3CC2c2ccccc2)cc1. The van der Waals surface area contributed by atoms with Gasteiger partial charge in [-0.05, 0) is 42.7 Å². The highest BCUT2D eigenvalue weighted by atomic mass is 32.2. The largest absolute Gasteiger partial charge is 0.357 e. The maximum atomic E-state index is 13.6. The van der Waals surface area contributed by atoms with Crippen molar-refractivity contribution in [3.05, 3.63) is 101 Å². The second kappa shape index (κ2) is 6.87. The number of H-pyrrole nitrogens is 1. The van der Waals surface area contributed by atoms with Gasteiger partial charge in [-0.15, -0.1) is 0 Å². The van der Waals surface area contributed by atoms with Crippen LogP contribution in [0.25, 0.3) is 10.9 Å². The van der Waals surface area contributed by atoms with Crippen LogP contribution in [0.5, 0.6) is 0 Å². The smallest absolute Gasteiger partial charge is 0.243 e. The highest BCUT2D eigenvalue weighted by Gasteiger charge is 2.37. The Bertz CT molecular complexity index is 1280. The summed E-state index contributed by atoms with van der Waals surface area (Å²) in [5.74, 6) is 0. The van der Waals surface area contributed by atoms with E-state index < -0.39 is 10.0 Å². The number of benzene rings is 3. The summed E-state index contributed by atoms with van der Waals surface area (Å²) >= 11 is 0. The number of aromatic amines is 1. The standard InChI is InChI=1S/C24H22N2O2S/c1-17-11-13-19(14-12-17)29(27,28)26-16-23-21(20-9-5-6-10-22(20)25-23)15-24(26)18-7-3-2-4-8-18/h2-14,24-25H,15-16H2,1H3. The van der Waals surface area contributed by atoms with Gasteiger partial charge in [0.1, 0.15) is 0 Å². The quantitative estimate of drug-likeness (QED) is 0.526. The van der Waals surface area contributed by atoms with Crippen LogP contribution >= 0.6 is 0 Å². The monoisotopic (exact) mass is 402 g/mol. The zero-order valence-electron chi connectivity index (χ0n) is 16.2. The normalized spacial score (nSPS) is 17.3. The molecule has 0 saturated heterocycles. The number of sulfonamides is 1. The van der Waals surface area contributed by atoms with Gasteiger partial charge in [0.25, 0.3) is 0 Å². The fourth-order valence-corrected chi connectivity index (χ4v) is 5.82. The average Bonchev–Trinajstić information content (AvgIpc) is 3.11. The number of aromatic nitrogens is 1. The first-order chi connectivity index (χ1) is 14.0. The molecule has 3 aromatic carbocycles. The molecule has 0 bridgehead atoms. The number of nitrogens with one attached hydrogen (secondary N) is 1. The van der Waals surface area contributed by atoms with Crippen LogP contribution in [0.15, 0.2) is 83.8 Å². The Hall–Kier alpha value is -2.89. The van der Waals surface area contributed by atoms with Crippen LogP contribution in [-0.2, 0) is 23.0 Å². The van der Waals surface area contributed by atoms with Gasteiger partial charge < -0.3 is 4.98 Å². The number of hydrogen-bond acceptors (Lipinski definition) is 2. The van der Waals surface area contributed by atoms with Crippen molar-refractivity contribution < 1.29 is 8.42 Å². The molecule has 5 heteroatoms. The fraction of sp³-hybridized carbons (Fsp3) is 0.167. The summed E-state index contributed by atoms with van der Waals surface area (Å²) in [5.41, 5.74) is 5.30. The molecule has 29 heavy (non-hydrogen) atoms. The summed E-state index contributed by atoms with van der Waals surface area (Å²) in [6.07, 6.45) is 0.647. The summed E-state index contributed by atoms with van der Waals surface area (Å²) in [7, 11) is -3.64. The Balaban J connectivity index is 1.66. The highest BCUT2D eigenvalue weighted by Crippen LogP contribution is 2.39. The Morgan fingerprint density at radius 2 is 1.59 bits per heavy atom. The minimum Gasteiger partial charge on any atom is -0.357 e. The molecule has 4 nitrogen and oxygen atoms in total. The second-order valence-corrected chi connectivity index (χ2v) is 9.51. The molecular weight excluding hydrogens is 380 g/mol. The molecular formula is C24H22N2O2S. The molecule has 0 saturated carbocycles. The molecule has 0 fully saturated rings. The fourth-order valence-electron chi connectivity index (χ4n) is 4.24. The maximum Gasteiger partial charge on any atom is 0.243 e. The van der Waals surface area contributed by atoms with Gasteiger partial charge in [-0.2, -0.15) is 4.31 Å². The van der Waals surface area contributed by atoms with Gasteiger partial charge in [-0.3, -0.25) is 0 Å². The van der Waals surface area contributed by atoms with Gasteiger partial charge in [0, 0.05) is 16.6 Å². The lowest BCUT2D eigenvalue weighted by atomic mass is 9.93. The summed E-state index contributed by atoms with van der Waals surface area (Å²) in [6, 6.07) is 25.0. The molecule has 0 radical (unpaired) electrons. The summed E-state index contributed by atoms with van der Waals surface area (Å²) in [6.45, 7) is 2.29. The van der Waals surface area contributed by atoms with Crippen molar-refractivity contribution in [1.29, 1.82) is 0 Å². The van der Waals surface area contributed by atoms with E-state index in [4.69, 9.17) is 0 Å². The van der Waals surface area contributed by atoms with E-state index in [0.29, 0.717) is 17.9 Å². The van der Waals surface area contributed by atoms with Crippen molar-refractivity contribution in [2.45, 2.75) is 30.8 Å². The highest BCUT2D eigenvalue weighted by molar-refractivity contribution is 7.89. The number of nitrogens with zero attached hydrogens (tertiary/aromatic N) is 1. The molecule has 1 atom stereocenters. The van der Waals surface area contributed by atoms with Crippen molar-refractivity contribution in [2.24, 2.45) is 0 Å². The number of fused-ring (bicyclic) bond motifs is 3. The van der Waals surface area contributed by atoms with Crippen molar-refractivity contribution in [2.75, 3.05) is 0 Å². The molecule has 0 aliphatic carbocycles. The predicted molar refractivity (Wildman–Crippen MR) is 115 cm³/mol. The maximum absolute atomic E-state index is 13.6. The topological polar surface area (TPSA) is 53.2 Å². The lowest BCUT2D eigenvalue weighted by molar-refractivity contribution is 0.294. The van der Waals surface area contributed by atoms with E-state index in [1.165, 1.54) is 10.9 Å². The molecule has 4 aromatic rings. The molecule has 1 N–H and O–H groups in total. The lowest BCUT2D eigenvalue weighted by Crippen LogP contribution is -2.38. The van der Waals surface area contributed by atoms with Crippen LogP contribution in [0.4, 0.5) is 0 Å². The molecule has 2 heterocycles. The van der Waals surface area contributed by atoms with Crippen molar-refractivity contribution in [3.63, 3.8) is 0 Å².